The van der Waals surface area contributed by atoms with Gasteiger partial charge in [-0.05, 0) is 37.5 Å². The summed E-state index contributed by atoms with van der Waals surface area (Å²) in [5, 5.41) is 30.8. The van der Waals surface area contributed by atoms with Gasteiger partial charge in [0.15, 0.2) is 5.75 Å². The molecule has 1 aromatic carbocycles. The molecule has 0 saturated heterocycles. The first-order valence-corrected chi connectivity index (χ1v) is 9.99. The minimum atomic E-state index is -1.13. The second-order valence-corrected chi connectivity index (χ2v) is 6.64. The molecule has 0 spiro atoms. The average molecular weight is 433 g/mol. The van der Waals surface area contributed by atoms with E-state index in [1.165, 1.54) is 4.90 Å². The molecule has 0 bridgehead atoms. The molecule has 0 radical (unpaired) electrons. The largest absolute Gasteiger partial charge is 0.513 e. The number of hydrogen-bond donors (Lipinski definition) is 1. The van der Waals surface area contributed by atoms with E-state index in [4.69, 9.17) is 9.47 Å². The van der Waals surface area contributed by atoms with Gasteiger partial charge in [-0.25, -0.2) is 4.79 Å². The molecule has 0 aromatic heterocycles. The van der Waals surface area contributed by atoms with Crippen LogP contribution in [0.4, 0.5) is 10.5 Å². The maximum absolute atomic E-state index is 12.4. The van der Waals surface area contributed by atoms with E-state index in [9.17, 15) is 30.1 Å². The third-order valence-corrected chi connectivity index (χ3v) is 4.77. The predicted molar refractivity (Wildman–Crippen MR) is 112 cm³/mol. The van der Waals surface area contributed by atoms with E-state index in [2.05, 4.69) is 0 Å². The lowest BCUT2D eigenvalue weighted by Crippen LogP contribution is -2.31. The van der Waals surface area contributed by atoms with Crippen LogP contribution in [0.1, 0.15) is 46.1 Å². The molecule has 10 heteroatoms. The van der Waals surface area contributed by atoms with Crippen LogP contribution in [0.15, 0.2) is 17.7 Å². The number of likely N-dealkylation sites (N-methyl/N-ethyl adjacent to an activating group) is 1. The molecular weight excluding hydrogens is 406 g/mol. The van der Waals surface area contributed by atoms with Gasteiger partial charge in [0.2, 0.25) is 5.75 Å². The Hall–Kier alpha value is -3.61. The Morgan fingerprint density at radius 2 is 1.87 bits per heavy atom. The van der Waals surface area contributed by atoms with Crippen molar-refractivity contribution < 1.29 is 29.1 Å². The summed E-state index contributed by atoms with van der Waals surface area (Å²) in [5.41, 5.74) is -0.973. The van der Waals surface area contributed by atoms with Crippen molar-refractivity contribution >= 4 is 23.8 Å². The zero-order valence-corrected chi connectivity index (χ0v) is 18.1. The second-order valence-electron chi connectivity index (χ2n) is 6.64. The molecule has 1 aromatic rings. The van der Waals surface area contributed by atoms with E-state index in [-0.39, 0.29) is 23.7 Å². The number of nitro benzene ring substituents is 1. The van der Waals surface area contributed by atoms with Gasteiger partial charge >= 0.3 is 11.8 Å². The molecule has 1 amide bonds. The fraction of sp³-hybridized carbons (Fsp3) is 0.476. The number of aromatic hydroxyl groups is 1. The van der Waals surface area contributed by atoms with Gasteiger partial charge in [-0.3, -0.25) is 14.9 Å². The van der Waals surface area contributed by atoms with Gasteiger partial charge in [0, 0.05) is 19.2 Å². The number of amides is 1. The number of nitriles is 1. The molecule has 31 heavy (non-hydrogen) atoms. The number of carbonyl (C=O) groups excluding carboxylic acids is 2. The lowest BCUT2D eigenvalue weighted by atomic mass is 10.1. The van der Waals surface area contributed by atoms with Gasteiger partial charge in [0.25, 0.3) is 5.91 Å². The Morgan fingerprint density at radius 1 is 1.26 bits per heavy atom. The zero-order valence-electron chi connectivity index (χ0n) is 18.1. The van der Waals surface area contributed by atoms with Crippen LogP contribution in [0, 0.1) is 27.4 Å². The van der Waals surface area contributed by atoms with Crippen LogP contribution in [-0.4, -0.2) is 46.7 Å². The maximum atomic E-state index is 12.4. The van der Waals surface area contributed by atoms with Crippen LogP contribution in [0.2, 0.25) is 0 Å². The summed E-state index contributed by atoms with van der Waals surface area (Å²) in [4.78, 5) is 36.3. The van der Waals surface area contributed by atoms with Crippen molar-refractivity contribution in [3.63, 3.8) is 0 Å². The van der Waals surface area contributed by atoms with E-state index < -0.39 is 34.2 Å². The smallest absolute Gasteiger partial charge is 0.499 e. The SMILES string of the molecule is CCC(CC)COC(=O)Oc1cc(C=C(C#N)C(=O)N(CC)CC)cc([N+](=O)[O-])c1O. The minimum Gasteiger partial charge on any atom is -0.499 e. The Balaban J connectivity index is 3.28. The predicted octanol–water partition coefficient (Wildman–Crippen LogP) is 4.03. The maximum Gasteiger partial charge on any atom is 0.513 e. The number of benzene rings is 1. The van der Waals surface area contributed by atoms with Crippen LogP contribution < -0.4 is 4.74 Å². The molecule has 0 aliphatic rings. The molecule has 10 nitrogen and oxygen atoms in total. The van der Waals surface area contributed by atoms with Crippen LogP contribution in [0.3, 0.4) is 0 Å². The first-order valence-electron chi connectivity index (χ1n) is 9.99. The van der Waals surface area contributed by atoms with Crippen molar-refractivity contribution in [3.05, 3.63) is 33.4 Å². The Kier molecular flexibility index (Phi) is 9.98. The average Bonchev–Trinajstić information content (AvgIpc) is 2.75. The molecule has 0 aliphatic carbocycles. The van der Waals surface area contributed by atoms with Crippen molar-refractivity contribution in [3.8, 4) is 17.6 Å². The normalized spacial score (nSPS) is 11.0. The molecule has 0 saturated carbocycles. The van der Waals surface area contributed by atoms with E-state index in [1.807, 2.05) is 13.8 Å². The van der Waals surface area contributed by atoms with Gasteiger partial charge in [-0.1, -0.05) is 26.7 Å². The summed E-state index contributed by atoms with van der Waals surface area (Å²) >= 11 is 0. The highest BCUT2D eigenvalue weighted by atomic mass is 16.7. The standard InChI is InChI=1S/C21H27N3O7/c1-5-14(6-2)13-30-21(27)31-18-11-15(10-17(19(18)25)24(28)29)9-16(12-22)20(26)23(7-3)8-4/h9-11,14,25H,5-8,13H2,1-4H3. The number of phenolic OH excluding ortho intramolecular Hbond substituents is 1. The fourth-order valence-corrected chi connectivity index (χ4v) is 2.73. The molecule has 168 valence electrons. The fourth-order valence-electron chi connectivity index (χ4n) is 2.73. The molecule has 0 unspecified atom stereocenters. The molecule has 0 aliphatic heterocycles. The highest BCUT2D eigenvalue weighted by Crippen LogP contribution is 2.38. The molecule has 1 rings (SSSR count). The van der Waals surface area contributed by atoms with Crippen molar-refractivity contribution in [2.24, 2.45) is 5.92 Å². The number of hydrogen-bond acceptors (Lipinski definition) is 8. The Labute approximate surface area is 180 Å². The van der Waals surface area contributed by atoms with Gasteiger partial charge in [-0.15, -0.1) is 0 Å². The first kappa shape index (κ1) is 25.4. The first-order chi connectivity index (χ1) is 14.7. The summed E-state index contributed by atoms with van der Waals surface area (Å²) in [7, 11) is 0. The van der Waals surface area contributed by atoms with Crippen LogP contribution >= 0.6 is 0 Å². The second kappa shape index (κ2) is 12.2. The van der Waals surface area contributed by atoms with Crippen molar-refractivity contribution in [2.45, 2.75) is 40.5 Å². The molecular formula is C21H27N3O7. The summed E-state index contributed by atoms with van der Waals surface area (Å²) < 4.78 is 9.97. The van der Waals surface area contributed by atoms with E-state index >= 15 is 0 Å². The molecule has 0 fully saturated rings. The highest BCUT2D eigenvalue weighted by molar-refractivity contribution is 6.01. The van der Waals surface area contributed by atoms with E-state index in [1.54, 1.807) is 19.9 Å². The molecule has 0 atom stereocenters. The van der Waals surface area contributed by atoms with E-state index in [0.29, 0.717) is 13.1 Å². The van der Waals surface area contributed by atoms with Crippen molar-refractivity contribution in [1.82, 2.24) is 4.90 Å². The Bertz CT molecular complexity index is 882. The van der Waals surface area contributed by atoms with Crippen LogP contribution in [0.5, 0.6) is 11.5 Å². The summed E-state index contributed by atoms with van der Waals surface area (Å²) in [6.07, 6.45) is 1.59. The number of phenols is 1. The van der Waals surface area contributed by atoms with Crippen molar-refractivity contribution in [1.29, 1.82) is 5.26 Å². The monoisotopic (exact) mass is 433 g/mol. The van der Waals surface area contributed by atoms with Gasteiger partial charge in [-0.2, -0.15) is 5.26 Å². The Morgan fingerprint density at radius 3 is 2.35 bits per heavy atom. The number of rotatable bonds is 10. The van der Waals surface area contributed by atoms with Crippen molar-refractivity contribution in [2.75, 3.05) is 19.7 Å². The van der Waals surface area contributed by atoms with Crippen LogP contribution in [0.25, 0.3) is 6.08 Å². The summed E-state index contributed by atoms with van der Waals surface area (Å²) in [5.74, 6) is -1.79. The number of carbonyl (C=O) groups is 2. The van der Waals surface area contributed by atoms with Gasteiger partial charge in [0.05, 0.1) is 11.5 Å². The third-order valence-electron chi connectivity index (χ3n) is 4.77. The topological polar surface area (TPSA) is 143 Å². The highest BCUT2D eigenvalue weighted by Gasteiger charge is 2.24. The molecule has 1 N–H and O–H groups in total. The minimum absolute atomic E-state index is 0.0318. The number of nitro groups is 1. The van der Waals surface area contributed by atoms with Crippen LogP contribution in [-0.2, 0) is 9.53 Å². The molecule has 0 heterocycles. The van der Waals surface area contributed by atoms with Gasteiger partial charge < -0.3 is 19.5 Å². The zero-order chi connectivity index (χ0) is 23.6. The summed E-state index contributed by atoms with van der Waals surface area (Å²) in [6, 6.07) is 3.87. The lowest BCUT2D eigenvalue weighted by Gasteiger charge is -2.17. The van der Waals surface area contributed by atoms with Gasteiger partial charge in [0.1, 0.15) is 11.6 Å². The third kappa shape index (κ3) is 6.99. The summed E-state index contributed by atoms with van der Waals surface area (Å²) in [6.45, 7) is 8.25. The lowest BCUT2D eigenvalue weighted by molar-refractivity contribution is -0.385. The number of nitrogens with zero attached hydrogens (tertiary/aromatic N) is 3. The van der Waals surface area contributed by atoms with E-state index in [0.717, 1.165) is 31.1 Å². The quantitative estimate of drug-likeness (QED) is 0.145. The number of ether oxygens (including phenoxy) is 2.